The molecule has 0 saturated heterocycles. The van der Waals surface area contributed by atoms with E-state index in [-0.39, 0.29) is 11.5 Å². The lowest BCUT2D eigenvalue weighted by atomic mass is 10.1. The predicted molar refractivity (Wildman–Crippen MR) is 97.6 cm³/mol. The molecule has 0 saturated carbocycles. The van der Waals surface area contributed by atoms with Crippen LogP contribution in [0.4, 0.5) is 5.69 Å². The van der Waals surface area contributed by atoms with E-state index in [1.54, 1.807) is 60.8 Å². The van der Waals surface area contributed by atoms with E-state index in [1.807, 2.05) is 13.0 Å². The summed E-state index contributed by atoms with van der Waals surface area (Å²) >= 11 is 0. The van der Waals surface area contributed by atoms with Crippen LogP contribution in [0.25, 0.3) is 11.3 Å². The predicted octanol–water partition coefficient (Wildman–Crippen LogP) is 3.35. The summed E-state index contributed by atoms with van der Waals surface area (Å²) in [5, 5.41) is 9.30. The summed E-state index contributed by atoms with van der Waals surface area (Å²) in [7, 11) is -3.70. The molecule has 0 aliphatic rings. The Bertz CT molecular complexity index is 984. The van der Waals surface area contributed by atoms with Gasteiger partial charge in [0.2, 0.25) is 0 Å². The molecule has 3 aromatic rings. The lowest BCUT2D eigenvalue weighted by molar-refractivity contribution is 0.282. The number of para-hydroxylation sites is 1. The minimum atomic E-state index is -3.70. The van der Waals surface area contributed by atoms with Gasteiger partial charge in [-0.25, -0.2) is 8.42 Å². The molecule has 128 valence electrons. The number of aliphatic hydroxyl groups excluding tert-OH is 1. The minimum absolute atomic E-state index is 0.104. The standard InChI is InChI=1S/C19H18N2O3S/c1-14-6-8-16(9-7-14)25(23,24)21-18-5-3-2-4-17(18)19-12-15(13-22)10-11-20-19/h2-12,21-22H,13H2,1H3. The topological polar surface area (TPSA) is 79.3 Å². The fraction of sp³-hybridized carbons (Fsp3) is 0.105. The fourth-order valence-electron chi connectivity index (χ4n) is 2.44. The quantitative estimate of drug-likeness (QED) is 0.736. The second-order valence-electron chi connectivity index (χ2n) is 5.67. The van der Waals surface area contributed by atoms with Gasteiger partial charge < -0.3 is 5.11 Å². The Morgan fingerprint density at radius 1 is 1.04 bits per heavy atom. The minimum Gasteiger partial charge on any atom is -0.392 e. The Kier molecular flexibility index (Phi) is 4.83. The number of nitrogens with one attached hydrogen (secondary N) is 1. The molecule has 0 aliphatic heterocycles. The second-order valence-corrected chi connectivity index (χ2v) is 7.35. The van der Waals surface area contributed by atoms with E-state index in [1.165, 1.54) is 0 Å². The Morgan fingerprint density at radius 3 is 2.48 bits per heavy atom. The van der Waals surface area contributed by atoms with Crippen LogP contribution in [0.3, 0.4) is 0 Å². The highest BCUT2D eigenvalue weighted by atomic mass is 32.2. The number of sulfonamides is 1. The molecule has 0 spiro atoms. The van der Waals surface area contributed by atoms with Crippen molar-refractivity contribution in [3.8, 4) is 11.3 Å². The first-order valence-electron chi connectivity index (χ1n) is 7.74. The van der Waals surface area contributed by atoms with Gasteiger partial charge in [0.15, 0.2) is 0 Å². The van der Waals surface area contributed by atoms with E-state index in [0.29, 0.717) is 22.5 Å². The molecule has 5 nitrogen and oxygen atoms in total. The first kappa shape index (κ1) is 17.1. The highest BCUT2D eigenvalue weighted by molar-refractivity contribution is 7.92. The van der Waals surface area contributed by atoms with Gasteiger partial charge in [-0.3, -0.25) is 9.71 Å². The smallest absolute Gasteiger partial charge is 0.261 e. The van der Waals surface area contributed by atoms with Crippen molar-refractivity contribution < 1.29 is 13.5 Å². The number of aromatic nitrogens is 1. The zero-order chi connectivity index (χ0) is 17.9. The van der Waals surface area contributed by atoms with E-state index in [4.69, 9.17) is 0 Å². The Labute approximate surface area is 147 Å². The number of hydrogen-bond donors (Lipinski definition) is 2. The zero-order valence-electron chi connectivity index (χ0n) is 13.7. The van der Waals surface area contributed by atoms with Crippen LogP contribution in [-0.4, -0.2) is 18.5 Å². The molecular weight excluding hydrogens is 336 g/mol. The van der Waals surface area contributed by atoms with Crippen molar-refractivity contribution in [2.45, 2.75) is 18.4 Å². The van der Waals surface area contributed by atoms with Gasteiger partial charge in [0.05, 0.1) is 22.9 Å². The van der Waals surface area contributed by atoms with Crippen molar-refractivity contribution in [3.05, 3.63) is 78.0 Å². The molecule has 25 heavy (non-hydrogen) atoms. The first-order valence-corrected chi connectivity index (χ1v) is 9.22. The van der Waals surface area contributed by atoms with Crippen molar-refractivity contribution in [1.29, 1.82) is 0 Å². The third-order valence-corrected chi connectivity index (χ3v) is 5.17. The van der Waals surface area contributed by atoms with Crippen LogP contribution in [0.2, 0.25) is 0 Å². The largest absolute Gasteiger partial charge is 0.392 e. The van der Waals surface area contributed by atoms with Gasteiger partial charge in [0, 0.05) is 11.8 Å². The van der Waals surface area contributed by atoms with Crippen LogP contribution in [0, 0.1) is 6.92 Å². The summed E-state index contributed by atoms with van der Waals surface area (Å²) in [6.45, 7) is 1.80. The number of aryl methyl sites for hydroxylation is 1. The van der Waals surface area contributed by atoms with Crippen molar-refractivity contribution in [2.75, 3.05) is 4.72 Å². The third-order valence-electron chi connectivity index (χ3n) is 3.79. The lowest BCUT2D eigenvalue weighted by Gasteiger charge is -2.13. The van der Waals surface area contributed by atoms with Crippen molar-refractivity contribution in [1.82, 2.24) is 4.98 Å². The Morgan fingerprint density at radius 2 is 1.76 bits per heavy atom. The van der Waals surface area contributed by atoms with Crippen LogP contribution in [0.15, 0.2) is 71.8 Å². The molecule has 3 rings (SSSR count). The summed E-state index contributed by atoms with van der Waals surface area (Å²) in [4.78, 5) is 4.49. The SMILES string of the molecule is Cc1ccc(S(=O)(=O)Nc2ccccc2-c2cc(CO)ccn2)cc1. The van der Waals surface area contributed by atoms with E-state index in [2.05, 4.69) is 9.71 Å². The number of rotatable bonds is 5. The summed E-state index contributed by atoms with van der Waals surface area (Å²) in [5.74, 6) is 0. The lowest BCUT2D eigenvalue weighted by Crippen LogP contribution is -2.13. The number of aliphatic hydroxyl groups is 1. The average molecular weight is 354 g/mol. The number of pyridine rings is 1. The molecule has 2 aromatic carbocycles. The van der Waals surface area contributed by atoms with Gasteiger partial charge in [0.1, 0.15) is 0 Å². The number of benzene rings is 2. The van der Waals surface area contributed by atoms with Gasteiger partial charge in [-0.1, -0.05) is 35.9 Å². The molecule has 0 aliphatic carbocycles. The van der Waals surface area contributed by atoms with E-state index in [0.717, 1.165) is 5.56 Å². The monoisotopic (exact) mass is 354 g/mol. The zero-order valence-corrected chi connectivity index (χ0v) is 14.5. The molecule has 0 atom stereocenters. The highest BCUT2D eigenvalue weighted by Gasteiger charge is 2.16. The normalized spacial score (nSPS) is 11.3. The maximum absolute atomic E-state index is 12.6. The molecule has 0 bridgehead atoms. The van der Waals surface area contributed by atoms with Gasteiger partial charge in [-0.2, -0.15) is 0 Å². The number of nitrogens with zero attached hydrogens (tertiary/aromatic N) is 1. The number of hydrogen-bond acceptors (Lipinski definition) is 4. The van der Waals surface area contributed by atoms with E-state index < -0.39 is 10.0 Å². The Hall–Kier alpha value is -2.70. The molecule has 1 heterocycles. The van der Waals surface area contributed by atoms with Crippen molar-refractivity contribution in [3.63, 3.8) is 0 Å². The molecule has 2 N–H and O–H groups in total. The summed E-state index contributed by atoms with van der Waals surface area (Å²) in [6, 6.07) is 17.2. The van der Waals surface area contributed by atoms with E-state index in [9.17, 15) is 13.5 Å². The molecule has 0 fully saturated rings. The maximum atomic E-state index is 12.6. The maximum Gasteiger partial charge on any atom is 0.261 e. The van der Waals surface area contributed by atoms with Crippen LogP contribution in [-0.2, 0) is 16.6 Å². The van der Waals surface area contributed by atoms with Crippen molar-refractivity contribution >= 4 is 15.7 Å². The van der Waals surface area contributed by atoms with Crippen LogP contribution < -0.4 is 4.72 Å². The molecular formula is C19H18N2O3S. The number of anilines is 1. The summed E-state index contributed by atoms with van der Waals surface area (Å²) < 4.78 is 27.9. The summed E-state index contributed by atoms with van der Waals surface area (Å²) in [6.07, 6.45) is 1.59. The van der Waals surface area contributed by atoms with Crippen LogP contribution in [0.5, 0.6) is 0 Å². The van der Waals surface area contributed by atoms with Crippen LogP contribution >= 0.6 is 0 Å². The van der Waals surface area contributed by atoms with E-state index >= 15 is 0 Å². The van der Waals surface area contributed by atoms with Crippen LogP contribution in [0.1, 0.15) is 11.1 Å². The van der Waals surface area contributed by atoms with Crippen molar-refractivity contribution in [2.24, 2.45) is 0 Å². The molecule has 0 radical (unpaired) electrons. The first-order chi connectivity index (χ1) is 12.0. The fourth-order valence-corrected chi connectivity index (χ4v) is 3.52. The van der Waals surface area contributed by atoms with Gasteiger partial charge in [-0.15, -0.1) is 0 Å². The second kappa shape index (κ2) is 7.04. The van der Waals surface area contributed by atoms with Gasteiger partial charge in [0.25, 0.3) is 10.0 Å². The highest BCUT2D eigenvalue weighted by Crippen LogP contribution is 2.28. The molecule has 0 amide bonds. The summed E-state index contributed by atoms with van der Waals surface area (Å²) in [5.41, 5.74) is 3.37. The molecule has 0 unspecified atom stereocenters. The molecule has 6 heteroatoms. The Balaban J connectivity index is 2.00. The van der Waals surface area contributed by atoms with Gasteiger partial charge >= 0.3 is 0 Å². The molecule has 1 aromatic heterocycles. The average Bonchev–Trinajstić information content (AvgIpc) is 2.62. The van der Waals surface area contributed by atoms with Gasteiger partial charge in [-0.05, 0) is 42.8 Å². The third kappa shape index (κ3) is 3.87.